The third-order valence-corrected chi connectivity index (χ3v) is 4.23. The minimum Gasteiger partial charge on any atom is -0.397 e. The molecule has 2 aromatic heterocycles. The smallest absolute Gasteiger partial charge is 0.268 e. The van der Waals surface area contributed by atoms with Gasteiger partial charge in [-0.1, -0.05) is 5.16 Å². The molecule has 0 radical (unpaired) electrons. The lowest BCUT2D eigenvalue weighted by molar-refractivity contribution is 0.390. The maximum Gasteiger partial charge on any atom is 0.268 e. The first-order chi connectivity index (χ1) is 8.81. The zero-order valence-electron chi connectivity index (χ0n) is 10.8. The lowest BCUT2D eigenvalue weighted by Crippen LogP contribution is -2.15. The van der Waals surface area contributed by atoms with Crippen molar-refractivity contribution in [3.8, 4) is 0 Å². The van der Waals surface area contributed by atoms with Crippen LogP contribution in [0.1, 0.15) is 17.0 Å². The van der Waals surface area contributed by atoms with Crippen LogP contribution in [0.5, 0.6) is 0 Å². The van der Waals surface area contributed by atoms with E-state index in [1.165, 1.54) is 13.1 Å². The first-order valence-electron chi connectivity index (χ1n) is 5.49. The molecule has 0 fully saturated rings. The van der Waals surface area contributed by atoms with Gasteiger partial charge in [0.15, 0.2) is 10.7 Å². The lowest BCUT2D eigenvalue weighted by atomic mass is 10.2. The highest BCUT2D eigenvalue weighted by Crippen LogP contribution is 2.22. The number of sulfonamides is 1. The van der Waals surface area contributed by atoms with Gasteiger partial charge in [0.25, 0.3) is 10.0 Å². The number of nitrogens with two attached hydrogens (primary N) is 1. The highest BCUT2D eigenvalue weighted by molar-refractivity contribution is 7.92. The molecule has 0 aliphatic heterocycles. The summed E-state index contributed by atoms with van der Waals surface area (Å²) in [6.07, 6.45) is 1.40. The summed E-state index contributed by atoms with van der Waals surface area (Å²) < 4.78 is 31.7. The summed E-state index contributed by atoms with van der Waals surface area (Å²) >= 11 is 0. The maximum atomic E-state index is 12.2. The number of anilines is 2. The standard InChI is InChI=1S/C11H14N4O3S/c1-6-4-10(13-5-9(6)12)15-19(16,17)11-7(2)14-18-8(11)3/h4-5H,12H2,1-3H3,(H,13,15). The van der Waals surface area contributed by atoms with Gasteiger partial charge < -0.3 is 10.3 Å². The number of hydrogen-bond acceptors (Lipinski definition) is 6. The Kier molecular flexibility index (Phi) is 3.19. The zero-order valence-corrected chi connectivity index (χ0v) is 11.6. The maximum absolute atomic E-state index is 12.2. The Bertz CT molecular complexity index is 702. The summed E-state index contributed by atoms with van der Waals surface area (Å²) in [6, 6.07) is 1.56. The van der Waals surface area contributed by atoms with Crippen molar-refractivity contribution < 1.29 is 12.9 Å². The number of rotatable bonds is 3. The summed E-state index contributed by atoms with van der Waals surface area (Å²) in [5.41, 5.74) is 7.18. The minimum absolute atomic E-state index is 0.0313. The molecule has 0 aliphatic carbocycles. The van der Waals surface area contributed by atoms with E-state index in [1.54, 1.807) is 19.9 Å². The average molecular weight is 282 g/mol. The number of nitrogens with zero attached hydrogens (tertiary/aromatic N) is 2. The average Bonchev–Trinajstić information content (AvgIpc) is 2.64. The Balaban J connectivity index is 2.39. The van der Waals surface area contributed by atoms with E-state index >= 15 is 0 Å². The zero-order chi connectivity index (χ0) is 14.2. The quantitative estimate of drug-likeness (QED) is 0.879. The molecule has 0 saturated carbocycles. The topological polar surface area (TPSA) is 111 Å². The van der Waals surface area contributed by atoms with E-state index in [0.29, 0.717) is 11.4 Å². The number of aryl methyl sites for hydroxylation is 3. The normalized spacial score (nSPS) is 11.5. The van der Waals surface area contributed by atoms with Crippen LogP contribution >= 0.6 is 0 Å². The van der Waals surface area contributed by atoms with Gasteiger partial charge in [-0.25, -0.2) is 13.4 Å². The van der Waals surface area contributed by atoms with Gasteiger partial charge in [-0.05, 0) is 32.4 Å². The molecule has 19 heavy (non-hydrogen) atoms. The molecule has 0 unspecified atom stereocenters. The molecule has 7 nitrogen and oxygen atoms in total. The lowest BCUT2D eigenvalue weighted by Gasteiger charge is -2.08. The molecule has 8 heteroatoms. The first kappa shape index (κ1) is 13.3. The second-order valence-corrected chi connectivity index (χ2v) is 5.80. The van der Waals surface area contributed by atoms with Crippen LogP contribution in [0.15, 0.2) is 21.7 Å². The van der Waals surface area contributed by atoms with Gasteiger partial charge in [0.05, 0.1) is 11.9 Å². The van der Waals surface area contributed by atoms with Crippen molar-refractivity contribution >= 4 is 21.5 Å². The molecule has 0 atom stereocenters. The van der Waals surface area contributed by atoms with E-state index < -0.39 is 10.0 Å². The van der Waals surface area contributed by atoms with Crippen LogP contribution in [0.2, 0.25) is 0 Å². The third-order valence-electron chi connectivity index (χ3n) is 2.63. The Hall–Kier alpha value is -2.09. The Morgan fingerprint density at radius 1 is 1.32 bits per heavy atom. The number of aromatic nitrogens is 2. The third kappa shape index (κ3) is 2.53. The van der Waals surface area contributed by atoms with Crippen LogP contribution in [0, 0.1) is 20.8 Å². The first-order valence-corrected chi connectivity index (χ1v) is 6.97. The molecule has 0 amide bonds. The van der Waals surface area contributed by atoms with Gasteiger partial charge in [0, 0.05) is 0 Å². The fourth-order valence-electron chi connectivity index (χ4n) is 1.67. The SMILES string of the molecule is Cc1cc(NS(=O)(=O)c2c(C)noc2C)ncc1N. The molecule has 102 valence electrons. The van der Waals surface area contributed by atoms with Crippen molar-refractivity contribution in [3.05, 3.63) is 29.3 Å². The van der Waals surface area contributed by atoms with Crippen molar-refractivity contribution in [2.75, 3.05) is 10.5 Å². The van der Waals surface area contributed by atoms with Crippen LogP contribution in [-0.2, 0) is 10.0 Å². The van der Waals surface area contributed by atoms with Gasteiger partial charge in [0.2, 0.25) is 0 Å². The molecule has 0 saturated heterocycles. The van der Waals surface area contributed by atoms with Crippen molar-refractivity contribution in [3.63, 3.8) is 0 Å². The number of pyridine rings is 1. The number of nitrogens with one attached hydrogen (secondary N) is 1. The van der Waals surface area contributed by atoms with E-state index in [2.05, 4.69) is 14.9 Å². The Labute approximate surface area is 110 Å². The molecule has 0 aromatic carbocycles. The van der Waals surface area contributed by atoms with Crippen molar-refractivity contribution in [1.29, 1.82) is 0 Å². The highest BCUT2D eigenvalue weighted by atomic mass is 32.2. The van der Waals surface area contributed by atoms with E-state index in [1.807, 2.05) is 0 Å². The van der Waals surface area contributed by atoms with Crippen LogP contribution < -0.4 is 10.5 Å². The molecular formula is C11H14N4O3S. The molecular weight excluding hydrogens is 268 g/mol. The predicted molar refractivity (Wildman–Crippen MR) is 70.2 cm³/mol. The van der Waals surface area contributed by atoms with Crippen LogP contribution in [-0.4, -0.2) is 18.6 Å². The van der Waals surface area contributed by atoms with Crippen LogP contribution in [0.25, 0.3) is 0 Å². The highest BCUT2D eigenvalue weighted by Gasteiger charge is 2.24. The molecule has 2 heterocycles. The largest absolute Gasteiger partial charge is 0.397 e. The second-order valence-electron chi connectivity index (χ2n) is 4.18. The number of hydrogen-bond donors (Lipinski definition) is 2. The summed E-state index contributed by atoms with van der Waals surface area (Å²) in [5, 5.41) is 3.62. The molecule has 2 rings (SSSR count). The summed E-state index contributed by atoms with van der Waals surface area (Å²) in [6.45, 7) is 4.87. The van der Waals surface area contributed by atoms with Crippen molar-refractivity contribution in [2.45, 2.75) is 25.7 Å². The summed E-state index contributed by atoms with van der Waals surface area (Å²) in [5.74, 6) is 0.434. The van der Waals surface area contributed by atoms with Gasteiger partial charge in [0.1, 0.15) is 11.5 Å². The van der Waals surface area contributed by atoms with E-state index in [0.717, 1.165) is 5.56 Å². The van der Waals surface area contributed by atoms with Gasteiger partial charge >= 0.3 is 0 Å². The summed E-state index contributed by atoms with van der Waals surface area (Å²) in [7, 11) is -3.77. The van der Waals surface area contributed by atoms with E-state index in [4.69, 9.17) is 10.3 Å². The number of nitrogen functional groups attached to an aromatic ring is 1. The molecule has 0 aliphatic rings. The monoisotopic (exact) mass is 282 g/mol. The second kappa shape index (κ2) is 4.54. The van der Waals surface area contributed by atoms with Gasteiger partial charge in [-0.3, -0.25) is 4.72 Å². The molecule has 3 N–H and O–H groups in total. The fourth-order valence-corrected chi connectivity index (χ4v) is 3.00. The van der Waals surface area contributed by atoms with Crippen LogP contribution in [0.4, 0.5) is 11.5 Å². The van der Waals surface area contributed by atoms with Crippen LogP contribution in [0.3, 0.4) is 0 Å². The Morgan fingerprint density at radius 2 is 2.00 bits per heavy atom. The molecule has 0 bridgehead atoms. The molecule has 0 spiro atoms. The van der Waals surface area contributed by atoms with Crippen molar-refractivity contribution in [1.82, 2.24) is 10.1 Å². The minimum atomic E-state index is -3.77. The van der Waals surface area contributed by atoms with Gasteiger partial charge in [-0.15, -0.1) is 0 Å². The van der Waals surface area contributed by atoms with E-state index in [9.17, 15) is 8.42 Å². The van der Waals surface area contributed by atoms with Gasteiger partial charge in [-0.2, -0.15) is 0 Å². The van der Waals surface area contributed by atoms with Crippen molar-refractivity contribution in [2.24, 2.45) is 0 Å². The summed E-state index contributed by atoms with van der Waals surface area (Å²) in [4.78, 5) is 3.96. The Morgan fingerprint density at radius 3 is 2.53 bits per heavy atom. The predicted octanol–water partition coefficient (Wildman–Crippen LogP) is 1.38. The fraction of sp³-hybridized carbons (Fsp3) is 0.273. The molecule has 2 aromatic rings. The van der Waals surface area contributed by atoms with E-state index in [-0.39, 0.29) is 16.5 Å².